The van der Waals surface area contributed by atoms with E-state index in [1.54, 1.807) is 0 Å². The molecule has 0 aliphatic carbocycles. The fourth-order valence-electron chi connectivity index (χ4n) is 3.57. The van der Waals surface area contributed by atoms with E-state index in [-0.39, 0.29) is 0 Å². The van der Waals surface area contributed by atoms with E-state index >= 15 is 0 Å². The highest BCUT2D eigenvalue weighted by Gasteiger charge is 2.14. The lowest BCUT2D eigenvalue weighted by Gasteiger charge is -2.07. The SMILES string of the molecule is c1cc2cc(c1)CSCc1cccc(c1)-c1nsnc1-c1cccc(c1)CSC2. The van der Waals surface area contributed by atoms with Crippen LogP contribution in [0.25, 0.3) is 22.5 Å². The predicted octanol–water partition coefficient (Wildman–Crippen LogP) is 7.05. The van der Waals surface area contributed by atoms with Crippen LogP contribution in [-0.4, -0.2) is 8.75 Å². The summed E-state index contributed by atoms with van der Waals surface area (Å²) in [5.41, 5.74) is 9.75. The van der Waals surface area contributed by atoms with Gasteiger partial charge in [0.1, 0.15) is 11.4 Å². The van der Waals surface area contributed by atoms with Crippen molar-refractivity contribution in [3.05, 3.63) is 95.1 Å². The molecule has 1 aromatic heterocycles. The lowest BCUT2D eigenvalue weighted by Crippen LogP contribution is -1.88. The lowest BCUT2D eigenvalue weighted by atomic mass is 10.0. The third kappa shape index (κ3) is 4.42. The van der Waals surface area contributed by atoms with Crippen LogP contribution in [0.3, 0.4) is 0 Å². The van der Waals surface area contributed by atoms with Crippen LogP contribution >= 0.6 is 35.3 Å². The smallest absolute Gasteiger partial charge is 0.112 e. The molecule has 3 aromatic carbocycles. The molecule has 2 nitrogen and oxygen atoms in total. The average Bonchev–Trinajstić information content (AvgIpc) is 3.24. The monoisotopic (exact) mass is 432 g/mol. The molecule has 144 valence electrons. The van der Waals surface area contributed by atoms with Crippen molar-refractivity contribution in [2.24, 2.45) is 0 Å². The molecule has 0 atom stereocenters. The van der Waals surface area contributed by atoms with Crippen molar-refractivity contribution in [3.63, 3.8) is 0 Å². The molecule has 1 aliphatic rings. The molecule has 5 heteroatoms. The fraction of sp³-hybridized carbons (Fsp3) is 0.167. The number of rotatable bonds is 0. The summed E-state index contributed by atoms with van der Waals surface area (Å²) in [4.78, 5) is 0. The Morgan fingerprint density at radius 2 is 0.931 bits per heavy atom. The largest absolute Gasteiger partial charge is 0.172 e. The first-order valence-corrected chi connectivity index (χ1v) is 12.6. The minimum Gasteiger partial charge on any atom is -0.172 e. The first-order chi connectivity index (χ1) is 14.3. The molecule has 0 fully saturated rings. The van der Waals surface area contributed by atoms with Gasteiger partial charge in [-0.25, -0.2) is 0 Å². The molecule has 0 spiro atoms. The summed E-state index contributed by atoms with van der Waals surface area (Å²) in [5, 5.41) is 0. The van der Waals surface area contributed by atoms with Crippen LogP contribution in [0.2, 0.25) is 0 Å². The van der Waals surface area contributed by atoms with E-state index in [0.717, 1.165) is 45.5 Å². The highest BCUT2D eigenvalue weighted by atomic mass is 32.2. The van der Waals surface area contributed by atoms with Crippen molar-refractivity contribution < 1.29 is 0 Å². The van der Waals surface area contributed by atoms with Crippen LogP contribution in [0.5, 0.6) is 0 Å². The van der Waals surface area contributed by atoms with Crippen LogP contribution in [0.1, 0.15) is 22.3 Å². The van der Waals surface area contributed by atoms with Crippen molar-refractivity contribution in [3.8, 4) is 22.5 Å². The molecule has 0 N–H and O–H groups in total. The number of benzene rings is 3. The van der Waals surface area contributed by atoms with Crippen molar-refractivity contribution in [1.29, 1.82) is 0 Å². The second-order valence-electron chi connectivity index (χ2n) is 7.17. The van der Waals surface area contributed by atoms with Crippen LogP contribution < -0.4 is 0 Å². The van der Waals surface area contributed by atoms with E-state index in [2.05, 4.69) is 81.5 Å². The van der Waals surface area contributed by atoms with Gasteiger partial charge in [-0.15, -0.1) is 0 Å². The van der Waals surface area contributed by atoms with E-state index in [1.165, 1.54) is 34.0 Å². The predicted molar refractivity (Wildman–Crippen MR) is 127 cm³/mol. The Kier molecular flexibility index (Phi) is 5.70. The summed E-state index contributed by atoms with van der Waals surface area (Å²) in [6.45, 7) is 0. The molecular weight excluding hydrogens is 412 g/mol. The zero-order chi connectivity index (χ0) is 19.5. The van der Waals surface area contributed by atoms with Gasteiger partial charge in [0.25, 0.3) is 0 Å². The maximum absolute atomic E-state index is 4.64. The van der Waals surface area contributed by atoms with Crippen molar-refractivity contribution >= 4 is 35.3 Å². The van der Waals surface area contributed by atoms with Crippen molar-refractivity contribution in [2.75, 3.05) is 0 Å². The quantitative estimate of drug-likeness (QED) is 0.297. The van der Waals surface area contributed by atoms with Gasteiger partial charge in [0, 0.05) is 34.1 Å². The van der Waals surface area contributed by atoms with Gasteiger partial charge in [-0.3, -0.25) is 0 Å². The van der Waals surface area contributed by atoms with Crippen molar-refractivity contribution in [1.82, 2.24) is 8.75 Å². The second kappa shape index (κ2) is 8.74. The van der Waals surface area contributed by atoms with Crippen LogP contribution in [0, 0.1) is 0 Å². The standard InChI is InChI=1S/C24H20N2S3/c1-4-17-10-18(5-1)14-28-16-20-7-3-9-22(12-20)24-23(25-29-26-24)21-8-2-6-19(11-21)15-27-13-17/h1-12H,13-16H2. The summed E-state index contributed by atoms with van der Waals surface area (Å²) < 4.78 is 9.28. The van der Waals surface area contributed by atoms with Gasteiger partial charge in [0.2, 0.25) is 0 Å². The topological polar surface area (TPSA) is 25.8 Å². The normalized spacial score (nSPS) is 14.1. The molecule has 5 rings (SSSR count). The van der Waals surface area contributed by atoms with E-state index in [4.69, 9.17) is 0 Å². The zero-order valence-corrected chi connectivity index (χ0v) is 18.3. The van der Waals surface area contributed by atoms with Crippen LogP contribution in [0.4, 0.5) is 0 Å². The summed E-state index contributed by atoms with van der Waals surface area (Å²) in [6, 6.07) is 26.5. The minimum atomic E-state index is 0.989. The molecule has 29 heavy (non-hydrogen) atoms. The highest BCUT2D eigenvalue weighted by Crippen LogP contribution is 2.33. The maximum atomic E-state index is 4.64. The molecule has 4 aromatic rings. The zero-order valence-electron chi connectivity index (χ0n) is 15.9. The Labute approximate surface area is 184 Å². The van der Waals surface area contributed by atoms with Gasteiger partial charge < -0.3 is 0 Å². The number of aromatic nitrogens is 2. The molecule has 0 radical (unpaired) electrons. The van der Waals surface area contributed by atoms with Gasteiger partial charge in [0.05, 0.1) is 11.7 Å². The first kappa shape index (κ1) is 18.9. The van der Waals surface area contributed by atoms with Gasteiger partial charge in [0.15, 0.2) is 0 Å². The molecule has 0 unspecified atom stereocenters. The molecule has 1 aliphatic heterocycles. The number of fused-ring (bicyclic) bond motifs is 9. The average molecular weight is 433 g/mol. The van der Waals surface area contributed by atoms with Gasteiger partial charge >= 0.3 is 0 Å². The lowest BCUT2D eigenvalue weighted by molar-refractivity contribution is 1.31. The van der Waals surface area contributed by atoms with Gasteiger partial charge in [-0.05, 0) is 34.4 Å². The molecule has 0 saturated heterocycles. The summed E-state index contributed by atoms with van der Waals surface area (Å²) >= 11 is 5.22. The van der Waals surface area contributed by atoms with Crippen molar-refractivity contribution in [2.45, 2.75) is 23.0 Å². The molecule has 0 amide bonds. The maximum Gasteiger partial charge on any atom is 0.112 e. The Bertz CT molecular complexity index is 1050. The van der Waals surface area contributed by atoms with Gasteiger partial charge in [-0.2, -0.15) is 32.3 Å². The van der Waals surface area contributed by atoms with Crippen LogP contribution in [-0.2, 0) is 23.0 Å². The molecule has 0 saturated carbocycles. The van der Waals surface area contributed by atoms with E-state index in [1.807, 2.05) is 23.5 Å². The third-order valence-electron chi connectivity index (χ3n) is 4.96. The fourth-order valence-corrected chi connectivity index (χ4v) is 6.02. The third-order valence-corrected chi connectivity index (χ3v) is 7.63. The Morgan fingerprint density at radius 3 is 1.41 bits per heavy atom. The summed E-state index contributed by atoms with van der Waals surface area (Å²) in [7, 11) is 0. The second-order valence-corrected chi connectivity index (χ2v) is 9.67. The number of nitrogens with zero attached hydrogens (tertiary/aromatic N) is 2. The Morgan fingerprint density at radius 1 is 0.517 bits per heavy atom. The molecule has 6 bridgehead atoms. The molecular formula is C24H20N2S3. The van der Waals surface area contributed by atoms with E-state index < -0.39 is 0 Å². The van der Waals surface area contributed by atoms with Crippen LogP contribution in [0.15, 0.2) is 72.8 Å². The van der Waals surface area contributed by atoms with E-state index in [0.29, 0.717) is 0 Å². The number of thioether (sulfide) groups is 2. The first-order valence-electron chi connectivity index (χ1n) is 9.60. The summed E-state index contributed by atoms with van der Waals surface area (Å²) in [6.07, 6.45) is 0. The number of hydrogen-bond donors (Lipinski definition) is 0. The van der Waals surface area contributed by atoms with Gasteiger partial charge in [-0.1, -0.05) is 60.7 Å². The minimum absolute atomic E-state index is 0.989. The van der Waals surface area contributed by atoms with E-state index in [9.17, 15) is 0 Å². The number of hydrogen-bond acceptors (Lipinski definition) is 5. The highest BCUT2D eigenvalue weighted by molar-refractivity contribution is 7.98. The Balaban J connectivity index is 1.55. The molecule has 2 heterocycles. The summed E-state index contributed by atoms with van der Waals surface area (Å²) in [5.74, 6) is 4.06. The Hall–Kier alpha value is -2.08.